The topological polar surface area (TPSA) is 88.8 Å². The van der Waals surface area contributed by atoms with Crippen LogP contribution >= 0.6 is 11.6 Å². The molecule has 0 spiro atoms. The second-order valence-electron chi connectivity index (χ2n) is 9.94. The van der Waals surface area contributed by atoms with E-state index in [1.54, 1.807) is 6.07 Å². The lowest BCUT2D eigenvalue weighted by Gasteiger charge is -2.32. The van der Waals surface area contributed by atoms with Gasteiger partial charge in [0.05, 0.1) is 22.5 Å². The summed E-state index contributed by atoms with van der Waals surface area (Å²) in [6.07, 6.45) is -3.04. The minimum absolute atomic E-state index is 0.0684. The van der Waals surface area contributed by atoms with Crippen molar-refractivity contribution in [3.05, 3.63) is 99.1 Å². The summed E-state index contributed by atoms with van der Waals surface area (Å²) in [6.45, 7) is 0.276. The molecule has 222 valence electrons. The molecule has 1 amide bonds. The number of alkyl halides is 3. The Bertz CT molecular complexity index is 1920. The monoisotopic (exact) mass is 620 g/mol. The van der Waals surface area contributed by atoms with Gasteiger partial charge >= 0.3 is 11.9 Å². The van der Waals surface area contributed by atoms with E-state index in [-0.39, 0.29) is 59.2 Å². The second kappa shape index (κ2) is 10.6. The second-order valence-corrected chi connectivity index (χ2v) is 10.3. The SMILES string of the molecule is O=C(c1cc(-c2ccc(Cl)nc2)n(-c2ccc(C(F)(F)F)c(F)c2)n1)N1CCC(n2c(=O)[nH]c3ccc(F)c(F)c32)CC1. The fourth-order valence-corrected chi connectivity index (χ4v) is 5.38. The van der Waals surface area contributed by atoms with E-state index in [0.717, 1.165) is 21.4 Å². The average molecular weight is 621 g/mol. The Balaban J connectivity index is 1.30. The average Bonchev–Trinajstić information content (AvgIpc) is 3.56. The number of H-pyrrole nitrogens is 1. The van der Waals surface area contributed by atoms with Crippen LogP contribution in [0.5, 0.6) is 0 Å². The molecule has 0 saturated carbocycles. The van der Waals surface area contributed by atoms with Gasteiger partial charge in [0.25, 0.3) is 5.91 Å². The van der Waals surface area contributed by atoms with Crippen molar-refractivity contribution >= 4 is 28.5 Å². The lowest BCUT2D eigenvalue weighted by Crippen LogP contribution is -2.40. The third kappa shape index (κ3) is 5.15. The van der Waals surface area contributed by atoms with E-state index in [4.69, 9.17) is 11.6 Å². The van der Waals surface area contributed by atoms with Crippen LogP contribution in [0.3, 0.4) is 0 Å². The number of aromatic nitrogens is 5. The lowest BCUT2D eigenvalue weighted by atomic mass is 10.0. The smallest absolute Gasteiger partial charge is 0.337 e. The number of pyridine rings is 1. The van der Waals surface area contributed by atoms with Crippen molar-refractivity contribution in [1.82, 2.24) is 29.2 Å². The zero-order valence-corrected chi connectivity index (χ0v) is 22.6. The molecule has 15 heteroatoms. The molecule has 43 heavy (non-hydrogen) atoms. The van der Waals surface area contributed by atoms with Crippen molar-refractivity contribution < 1.29 is 31.1 Å². The zero-order valence-electron chi connectivity index (χ0n) is 21.8. The van der Waals surface area contributed by atoms with Crippen molar-refractivity contribution in [3.63, 3.8) is 0 Å². The van der Waals surface area contributed by atoms with Gasteiger partial charge < -0.3 is 9.88 Å². The highest BCUT2D eigenvalue weighted by atomic mass is 35.5. The number of hydrogen-bond acceptors (Lipinski definition) is 4. The quantitative estimate of drug-likeness (QED) is 0.193. The van der Waals surface area contributed by atoms with E-state index in [9.17, 15) is 35.9 Å². The van der Waals surface area contributed by atoms with Crippen molar-refractivity contribution in [2.75, 3.05) is 13.1 Å². The number of benzene rings is 2. The van der Waals surface area contributed by atoms with Crippen LogP contribution in [0.15, 0.2) is 59.5 Å². The maximum Gasteiger partial charge on any atom is 0.419 e. The molecule has 4 heterocycles. The van der Waals surface area contributed by atoms with E-state index < -0.39 is 46.8 Å². The maximum absolute atomic E-state index is 14.6. The minimum atomic E-state index is -4.90. The van der Waals surface area contributed by atoms with Crippen LogP contribution < -0.4 is 5.69 Å². The molecule has 1 N–H and O–H groups in total. The van der Waals surface area contributed by atoms with Crippen LogP contribution in [0.4, 0.5) is 26.3 Å². The zero-order chi connectivity index (χ0) is 30.6. The number of aromatic amines is 1. The minimum Gasteiger partial charge on any atom is -0.337 e. The molecule has 1 aliphatic rings. The predicted octanol–water partition coefficient (Wildman–Crippen LogP) is 6.14. The Morgan fingerprint density at radius 1 is 0.977 bits per heavy atom. The number of imidazole rings is 1. The predicted molar refractivity (Wildman–Crippen MR) is 143 cm³/mol. The number of hydrogen-bond donors (Lipinski definition) is 1. The van der Waals surface area contributed by atoms with Crippen LogP contribution in [0.2, 0.25) is 5.15 Å². The molecule has 0 aliphatic carbocycles. The van der Waals surface area contributed by atoms with Gasteiger partial charge in [0.1, 0.15) is 16.5 Å². The Morgan fingerprint density at radius 2 is 1.72 bits per heavy atom. The van der Waals surface area contributed by atoms with E-state index in [1.807, 2.05) is 0 Å². The largest absolute Gasteiger partial charge is 0.419 e. The summed E-state index contributed by atoms with van der Waals surface area (Å²) in [5.41, 5.74) is -1.59. The van der Waals surface area contributed by atoms with Crippen molar-refractivity contribution in [1.29, 1.82) is 0 Å². The van der Waals surface area contributed by atoms with Gasteiger partial charge in [0.15, 0.2) is 17.3 Å². The van der Waals surface area contributed by atoms with Crippen molar-refractivity contribution in [3.8, 4) is 16.9 Å². The van der Waals surface area contributed by atoms with Gasteiger partial charge in [-0.05, 0) is 55.3 Å². The summed E-state index contributed by atoms with van der Waals surface area (Å²) in [5, 5.41) is 4.47. The molecule has 1 saturated heterocycles. The Morgan fingerprint density at radius 3 is 2.37 bits per heavy atom. The Labute approximate surface area is 243 Å². The fourth-order valence-electron chi connectivity index (χ4n) is 5.27. The van der Waals surface area contributed by atoms with E-state index in [0.29, 0.717) is 17.7 Å². The molecule has 1 fully saturated rings. The Hall–Kier alpha value is -4.59. The number of amides is 1. The van der Waals surface area contributed by atoms with Crippen LogP contribution in [0.25, 0.3) is 28.0 Å². The van der Waals surface area contributed by atoms with Gasteiger partial charge in [0, 0.05) is 37.0 Å². The van der Waals surface area contributed by atoms with Gasteiger partial charge in [-0.3, -0.25) is 9.36 Å². The first-order chi connectivity index (χ1) is 20.4. The summed E-state index contributed by atoms with van der Waals surface area (Å²) in [6, 6.07) is 8.39. The molecule has 0 atom stereocenters. The molecular formula is C28H19ClF6N6O2. The standard InChI is InChI=1S/C28H19ClF6N6O2/c29-23-6-1-14(13-36-23)22-12-21(38-41(22)16-2-3-17(19(31)11-16)28(33,34)35)26(42)39-9-7-15(8-10-39)40-25-20(37-27(40)43)5-4-18(30)24(25)32/h1-6,11-13,15H,7-10H2,(H,37,43). The van der Waals surface area contributed by atoms with E-state index >= 15 is 0 Å². The molecule has 3 aromatic heterocycles. The molecule has 0 radical (unpaired) electrons. The normalized spacial score (nSPS) is 14.5. The van der Waals surface area contributed by atoms with Gasteiger partial charge in [-0.25, -0.2) is 27.6 Å². The molecule has 8 nitrogen and oxygen atoms in total. The molecule has 6 rings (SSSR count). The molecule has 5 aromatic rings. The van der Waals surface area contributed by atoms with Crippen molar-refractivity contribution in [2.24, 2.45) is 0 Å². The lowest BCUT2D eigenvalue weighted by molar-refractivity contribution is -0.140. The van der Waals surface area contributed by atoms with Gasteiger partial charge in [-0.1, -0.05) is 11.6 Å². The number of nitrogens with zero attached hydrogens (tertiary/aromatic N) is 5. The fraction of sp³-hybridized carbons (Fsp3) is 0.214. The summed E-state index contributed by atoms with van der Waals surface area (Å²) in [7, 11) is 0. The molecule has 1 aliphatic heterocycles. The number of nitrogens with one attached hydrogen (secondary N) is 1. The highest BCUT2D eigenvalue weighted by Gasteiger charge is 2.34. The first kappa shape index (κ1) is 28.5. The molecule has 0 unspecified atom stereocenters. The first-order valence-electron chi connectivity index (χ1n) is 12.9. The third-order valence-corrected chi connectivity index (χ3v) is 7.57. The molecule has 2 aromatic carbocycles. The number of rotatable bonds is 4. The molecule has 0 bridgehead atoms. The Kier molecular flexibility index (Phi) is 7.03. The van der Waals surface area contributed by atoms with Crippen LogP contribution in [0, 0.1) is 17.5 Å². The van der Waals surface area contributed by atoms with Crippen molar-refractivity contribution in [2.45, 2.75) is 25.1 Å². The van der Waals surface area contributed by atoms with Crippen LogP contribution in [-0.4, -0.2) is 48.2 Å². The highest BCUT2D eigenvalue weighted by molar-refractivity contribution is 6.29. The van der Waals surface area contributed by atoms with E-state index in [2.05, 4.69) is 15.1 Å². The summed E-state index contributed by atoms with van der Waals surface area (Å²) < 4.78 is 84.7. The number of likely N-dealkylation sites (tertiary alicyclic amines) is 1. The van der Waals surface area contributed by atoms with Gasteiger partial charge in [-0.15, -0.1) is 0 Å². The van der Waals surface area contributed by atoms with Gasteiger partial charge in [-0.2, -0.15) is 18.3 Å². The first-order valence-corrected chi connectivity index (χ1v) is 13.3. The summed E-state index contributed by atoms with van der Waals surface area (Å²) in [4.78, 5) is 34.1. The number of fused-ring (bicyclic) bond motifs is 1. The summed E-state index contributed by atoms with van der Waals surface area (Å²) >= 11 is 5.89. The number of carbonyl (C=O) groups excluding carboxylic acids is 1. The van der Waals surface area contributed by atoms with Crippen LogP contribution in [-0.2, 0) is 6.18 Å². The number of carbonyl (C=O) groups is 1. The van der Waals surface area contributed by atoms with Crippen LogP contribution in [0.1, 0.15) is 34.9 Å². The van der Waals surface area contributed by atoms with E-state index in [1.165, 1.54) is 29.3 Å². The van der Waals surface area contributed by atoms with Gasteiger partial charge in [0.2, 0.25) is 0 Å². The number of halogens is 7. The summed E-state index contributed by atoms with van der Waals surface area (Å²) in [5.74, 6) is -4.29. The maximum atomic E-state index is 14.6. The molecular weight excluding hydrogens is 602 g/mol. The highest BCUT2D eigenvalue weighted by Crippen LogP contribution is 2.34. The number of piperidine rings is 1. The third-order valence-electron chi connectivity index (χ3n) is 7.34.